The highest BCUT2D eigenvalue weighted by molar-refractivity contribution is 5.83. The van der Waals surface area contributed by atoms with Crippen molar-refractivity contribution in [3.05, 3.63) is 0 Å². The highest BCUT2D eigenvalue weighted by atomic mass is 16.4. The number of amides is 1. The quantitative estimate of drug-likeness (QED) is 0.685. The molecule has 2 aliphatic rings. The van der Waals surface area contributed by atoms with Crippen LogP contribution in [0.2, 0.25) is 0 Å². The highest BCUT2D eigenvalue weighted by Crippen LogP contribution is 2.34. The SMILES string of the molecule is O=C(NCC1(C(=O)O)CCCCCC1)[C@@H]1CCCCN1. The number of carbonyl (C=O) groups is 2. The van der Waals surface area contributed by atoms with Crippen molar-refractivity contribution in [2.75, 3.05) is 13.1 Å². The number of carboxylic acid groups (broad SMARTS) is 1. The van der Waals surface area contributed by atoms with Gasteiger partial charge in [0.25, 0.3) is 0 Å². The summed E-state index contributed by atoms with van der Waals surface area (Å²) in [5.74, 6) is -0.786. The van der Waals surface area contributed by atoms with E-state index in [1.54, 1.807) is 0 Å². The summed E-state index contributed by atoms with van der Waals surface area (Å²) in [4.78, 5) is 23.8. The molecule has 1 saturated heterocycles. The Morgan fingerprint density at radius 1 is 1.10 bits per heavy atom. The van der Waals surface area contributed by atoms with Crippen LogP contribution in [0.25, 0.3) is 0 Å². The van der Waals surface area contributed by atoms with Gasteiger partial charge in [-0.3, -0.25) is 9.59 Å². The number of carbonyl (C=O) groups excluding carboxylic acids is 1. The van der Waals surface area contributed by atoms with Crippen LogP contribution < -0.4 is 10.6 Å². The van der Waals surface area contributed by atoms with E-state index in [-0.39, 0.29) is 18.5 Å². The monoisotopic (exact) mass is 282 g/mol. The maximum Gasteiger partial charge on any atom is 0.311 e. The van der Waals surface area contributed by atoms with Crippen molar-refractivity contribution in [2.45, 2.75) is 63.8 Å². The molecule has 1 amide bonds. The van der Waals surface area contributed by atoms with E-state index in [0.717, 1.165) is 51.5 Å². The Morgan fingerprint density at radius 2 is 1.80 bits per heavy atom. The Kier molecular flexibility index (Phi) is 5.40. The molecule has 2 rings (SSSR count). The lowest BCUT2D eigenvalue weighted by Gasteiger charge is -2.30. The van der Waals surface area contributed by atoms with Crippen LogP contribution in [0.5, 0.6) is 0 Å². The first-order valence-corrected chi connectivity index (χ1v) is 7.89. The summed E-state index contributed by atoms with van der Waals surface area (Å²) in [6.45, 7) is 1.15. The van der Waals surface area contributed by atoms with E-state index < -0.39 is 11.4 Å². The van der Waals surface area contributed by atoms with Gasteiger partial charge in [-0.25, -0.2) is 0 Å². The first-order chi connectivity index (χ1) is 9.64. The van der Waals surface area contributed by atoms with Gasteiger partial charge >= 0.3 is 5.97 Å². The second-order valence-corrected chi connectivity index (χ2v) is 6.22. The molecule has 0 unspecified atom stereocenters. The zero-order valence-electron chi connectivity index (χ0n) is 12.1. The van der Waals surface area contributed by atoms with Crippen molar-refractivity contribution in [1.82, 2.24) is 10.6 Å². The lowest BCUT2D eigenvalue weighted by atomic mass is 9.80. The second kappa shape index (κ2) is 7.07. The summed E-state index contributed by atoms with van der Waals surface area (Å²) in [5, 5.41) is 15.7. The number of carboxylic acids is 1. The zero-order valence-corrected chi connectivity index (χ0v) is 12.1. The van der Waals surface area contributed by atoms with Crippen molar-refractivity contribution in [3.8, 4) is 0 Å². The van der Waals surface area contributed by atoms with E-state index in [9.17, 15) is 14.7 Å². The molecule has 20 heavy (non-hydrogen) atoms. The minimum absolute atomic E-state index is 0.0328. The van der Waals surface area contributed by atoms with Crippen molar-refractivity contribution >= 4 is 11.9 Å². The number of nitrogens with one attached hydrogen (secondary N) is 2. The number of hydrogen-bond donors (Lipinski definition) is 3. The van der Waals surface area contributed by atoms with Gasteiger partial charge in [0.1, 0.15) is 0 Å². The van der Waals surface area contributed by atoms with E-state index in [1.807, 2.05) is 0 Å². The molecular formula is C15H26N2O3. The van der Waals surface area contributed by atoms with Gasteiger partial charge in [0.2, 0.25) is 5.91 Å². The third-order valence-corrected chi connectivity index (χ3v) is 4.74. The number of rotatable bonds is 4. The van der Waals surface area contributed by atoms with Crippen LogP contribution >= 0.6 is 0 Å². The first-order valence-electron chi connectivity index (χ1n) is 7.89. The van der Waals surface area contributed by atoms with Gasteiger partial charge in [0, 0.05) is 6.54 Å². The third kappa shape index (κ3) is 3.72. The van der Waals surface area contributed by atoms with Crippen molar-refractivity contribution in [1.29, 1.82) is 0 Å². The van der Waals surface area contributed by atoms with Crippen LogP contribution in [0.1, 0.15) is 57.8 Å². The number of aliphatic carboxylic acids is 1. The highest BCUT2D eigenvalue weighted by Gasteiger charge is 2.39. The summed E-state index contributed by atoms with van der Waals surface area (Å²) >= 11 is 0. The van der Waals surface area contributed by atoms with Crippen LogP contribution in [-0.2, 0) is 9.59 Å². The molecule has 5 heteroatoms. The summed E-state index contributed by atoms with van der Waals surface area (Å²) in [6.07, 6.45) is 8.50. The summed E-state index contributed by atoms with van der Waals surface area (Å²) in [5.41, 5.74) is -0.749. The Bertz CT molecular complexity index is 343. The topological polar surface area (TPSA) is 78.4 Å². The second-order valence-electron chi connectivity index (χ2n) is 6.22. The van der Waals surface area contributed by atoms with Crippen LogP contribution in [0, 0.1) is 5.41 Å². The first kappa shape index (κ1) is 15.3. The van der Waals surface area contributed by atoms with Gasteiger partial charge in [-0.15, -0.1) is 0 Å². The molecule has 1 atom stereocenters. The number of hydrogen-bond acceptors (Lipinski definition) is 3. The summed E-state index contributed by atoms with van der Waals surface area (Å²) in [6, 6.07) is -0.139. The minimum Gasteiger partial charge on any atom is -0.481 e. The van der Waals surface area contributed by atoms with Gasteiger partial charge in [-0.2, -0.15) is 0 Å². The third-order valence-electron chi connectivity index (χ3n) is 4.74. The molecule has 1 aliphatic heterocycles. The molecule has 0 spiro atoms. The van der Waals surface area contributed by atoms with Crippen LogP contribution in [-0.4, -0.2) is 36.1 Å². The molecule has 1 saturated carbocycles. The molecule has 3 N–H and O–H groups in total. The predicted molar refractivity (Wildman–Crippen MR) is 76.4 cm³/mol. The average molecular weight is 282 g/mol. The molecule has 5 nitrogen and oxygen atoms in total. The molecule has 0 radical (unpaired) electrons. The van der Waals surface area contributed by atoms with Crippen molar-refractivity contribution in [3.63, 3.8) is 0 Å². The molecule has 1 aliphatic carbocycles. The Labute approximate surface area is 120 Å². The molecule has 2 fully saturated rings. The van der Waals surface area contributed by atoms with E-state index >= 15 is 0 Å². The smallest absolute Gasteiger partial charge is 0.311 e. The lowest BCUT2D eigenvalue weighted by molar-refractivity contribution is -0.149. The largest absolute Gasteiger partial charge is 0.481 e. The molecule has 1 heterocycles. The molecule has 0 aromatic heterocycles. The number of piperidine rings is 1. The zero-order chi connectivity index (χ0) is 14.4. The van der Waals surface area contributed by atoms with Gasteiger partial charge in [0.05, 0.1) is 11.5 Å². The fraction of sp³-hybridized carbons (Fsp3) is 0.867. The fourth-order valence-electron chi connectivity index (χ4n) is 3.33. The molecule has 0 bridgehead atoms. The Morgan fingerprint density at radius 3 is 2.35 bits per heavy atom. The maximum absolute atomic E-state index is 12.1. The fourth-order valence-corrected chi connectivity index (χ4v) is 3.33. The lowest BCUT2D eigenvalue weighted by Crippen LogP contribution is -2.50. The summed E-state index contributed by atoms with van der Waals surface area (Å²) in [7, 11) is 0. The van der Waals surface area contributed by atoms with Crippen molar-refractivity contribution in [2.24, 2.45) is 5.41 Å². The average Bonchev–Trinajstić information content (AvgIpc) is 2.72. The van der Waals surface area contributed by atoms with Crippen molar-refractivity contribution < 1.29 is 14.7 Å². The maximum atomic E-state index is 12.1. The van der Waals surface area contributed by atoms with Gasteiger partial charge in [0.15, 0.2) is 0 Å². The van der Waals surface area contributed by atoms with E-state index in [2.05, 4.69) is 10.6 Å². The Balaban J connectivity index is 1.91. The van der Waals surface area contributed by atoms with Gasteiger partial charge < -0.3 is 15.7 Å². The standard InChI is InChI=1S/C15H26N2O3/c18-13(12-7-3-6-10-16-12)17-11-15(14(19)20)8-4-1-2-5-9-15/h12,16H,1-11H2,(H,17,18)(H,19,20)/t12-/m0/s1. The molecule has 0 aromatic rings. The van der Waals surface area contributed by atoms with Crippen LogP contribution in [0.3, 0.4) is 0 Å². The van der Waals surface area contributed by atoms with Gasteiger partial charge in [-0.05, 0) is 32.2 Å². The molecule has 114 valence electrons. The normalized spacial score (nSPS) is 26.5. The summed E-state index contributed by atoms with van der Waals surface area (Å²) < 4.78 is 0. The predicted octanol–water partition coefficient (Wildman–Crippen LogP) is 1.67. The minimum atomic E-state index is -0.753. The Hall–Kier alpha value is -1.10. The van der Waals surface area contributed by atoms with Crippen LogP contribution in [0.15, 0.2) is 0 Å². The van der Waals surface area contributed by atoms with E-state index in [0.29, 0.717) is 12.8 Å². The molecular weight excluding hydrogens is 256 g/mol. The van der Waals surface area contributed by atoms with E-state index in [4.69, 9.17) is 0 Å². The van der Waals surface area contributed by atoms with E-state index in [1.165, 1.54) is 0 Å². The van der Waals surface area contributed by atoms with Crippen LogP contribution in [0.4, 0.5) is 0 Å². The van der Waals surface area contributed by atoms with Gasteiger partial charge in [-0.1, -0.05) is 32.1 Å². The molecule has 0 aromatic carbocycles.